The van der Waals surface area contributed by atoms with E-state index in [0.717, 1.165) is 29.4 Å². The number of hydrogen-bond donors (Lipinski definition) is 1. The van der Waals surface area contributed by atoms with Crippen molar-refractivity contribution in [1.29, 1.82) is 0 Å². The van der Waals surface area contributed by atoms with Crippen molar-refractivity contribution >= 4 is 22.4 Å². The Labute approximate surface area is 128 Å². The maximum absolute atomic E-state index is 6.22. The van der Waals surface area contributed by atoms with Gasteiger partial charge in [-0.05, 0) is 30.9 Å². The van der Waals surface area contributed by atoms with Gasteiger partial charge in [0.2, 0.25) is 5.88 Å². The van der Waals surface area contributed by atoms with Crippen molar-refractivity contribution in [1.82, 2.24) is 9.97 Å². The molecule has 2 aromatic heterocycles. The van der Waals surface area contributed by atoms with Gasteiger partial charge in [0.25, 0.3) is 0 Å². The number of ether oxygens (including phenoxy) is 2. The minimum absolute atomic E-state index is 0.0353. The summed E-state index contributed by atoms with van der Waals surface area (Å²) in [6, 6.07) is 1.81. The maximum atomic E-state index is 6.22. The summed E-state index contributed by atoms with van der Waals surface area (Å²) in [6.07, 6.45) is 4.34. The van der Waals surface area contributed by atoms with E-state index >= 15 is 0 Å². The van der Waals surface area contributed by atoms with Crippen LogP contribution < -0.4 is 10.5 Å². The topological polar surface area (TPSA) is 70.3 Å². The van der Waals surface area contributed by atoms with Gasteiger partial charge in [0, 0.05) is 24.4 Å². The Hall–Kier alpha value is -1.43. The lowest BCUT2D eigenvalue weighted by Crippen LogP contribution is -2.29. The molecule has 2 aromatic rings. The number of rotatable bonds is 3. The second-order valence-corrected chi connectivity index (χ2v) is 6.24. The fourth-order valence-electron chi connectivity index (χ4n) is 2.46. The molecule has 3 heterocycles. The highest BCUT2D eigenvalue weighted by molar-refractivity contribution is 6.30. The summed E-state index contributed by atoms with van der Waals surface area (Å²) in [5.74, 6) is 0.553. The van der Waals surface area contributed by atoms with Crippen LogP contribution in [0.1, 0.15) is 25.8 Å². The highest BCUT2D eigenvalue weighted by Crippen LogP contribution is 2.32. The fraction of sp³-hybridized carbons (Fsp3) is 0.467. The van der Waals surface area contributed by atoms with Crippen molar-refractivity contribution in [2.75, 3.05) is 13.2 Å². The van der Waals surface area contributed by atoms with Crippen LogP contribution in [0, 0.1) is 0 Å². The Morgan fingerprint density at radius 2 is 2.14 bits per heavy atom. The summed E-state index contributed by atoms with van der Waals surface area (Å²) >= 11 is 6.03. The molecule has 0 saturated carbocycles. The number of nitrogens with zero attached hydrogens (tertiary/aromatic N) is 2. The summed E-state index contributed by atoms with van der Waals surface area (Å²) in [5, 5.41) is 2.17. The number of halogens is 1. The fourth-order valence-corrected chi connectivity index (χ4v) is 2.61. The molecule has 0 aromatic carbocycles. The summed E-state index contributed by atoms with van der Waals surface area (Å²) in [6.45, 7) is 5.18. The molecule has 0 aliphatic carbocycles. The first kappa shape index (κ1) is 14.5. The Bertz CT molecular complexity index is 664. The molecule has 21 heavy (non-hydrogen) atoms. The smallest absolute Gasteiger partial charge is 0.223 e. The molecule has 1 atom stereocenters. The number of fused-ring (bicyclic) bond motifs is 1. The summed E-state index contributed by atoms with van der Waals surface area (Å²) in [4.78, 5) is 8.56. The monoisotopic (exact) mass is 307 g/mol. The number of hydrogen-bond acceptors (Lipinski definition) is 5. The molecule has 0 amide bonds. The zero-order valence-electron chi connectivity index (χ0n) is 12.1. The first-order valence-electron chi connectivity index (χ1n) is 6.93. The minimum Gasteiger partial charge on any atom is -0.471 e. The van der Waals surface area contributed by atoms with Crippen LogP contribution in [0.3, 0.4) is 0 Å². The van der Waals surface area contributed by atoms with Crippen LogP contribution in [0.2, 0.25) is 5.15 Å². The number of aromatic nitrogens is 2. The molecule has 1 fully saturated rings. The van der Waals surface area contributed by atoms with E-state index in [-0.39, 0.29) is 6.10 Å². The third kappa shape index (κ3) is 2.95. The molecule has 0 radical (unpaired) electrons. The van der Waals surface area contributed by atoms with Crippen LogP contribution in [-0.4, -0.2) is 29.3 Å². The predicted octanol–water partition coefficient (Wildman–Crippen LogP) is 2.64. The molecular formula is C15H18ClN3O2. The Morgan fingerprint density at radius 3 is 2.81 bits per heavy atom. The molecule has 2 N–H and O–H groups in total. The van der Waals surface area contributed by atoms with Crippen LogP contribution in [-0.2, 0) is 10.3 Å². The molecule has 1 aliphatic heterocycles. The third-order valence-electron chi connectivity index (χ3n) is 3.56. The zero-order chi connectivity index (χ0) is 15.0. The highest BCUT2D eigenvalue weighted by Gasteiger charge is 2.23. The predicted molar refractivity (Wildman–Crippen MR) is 81.6 cm³/mol. The second-order valence-electron chi connectivity index (χ2n) is 5.85. The summed E-state index contributed by atoms with van der Waals surface area (Å²) in [7, 11) is 0. The Balaban J connectivity index is 2.10. The van der Waals surface area contributed by atoms with Crippen LogP contribution in [0.25, 0.3) is 10.8 Å². The van der Waals surface area contributed by atoms with Gasteiger partial charge in [0.1, 0.15) is 11.3 Å². The molecule has 3 rings (SSSR count). The van der Waals surface area contributed by atoms with Gasteiger partial charge >= 0.3 is 0 Å². The van der Waals surface area contributed by atoms with E-state index in [1.165, 1.54) is 0 Å². The SMILES string of the molecule is CC(C)(N)c1cnc(O[C@@H]2CCOC2)c2cnc(Cl)cc12. The van der Waals surface area contributed by atoms with E-state index < -0.39 is 5.54 Å². The van der Waals surface area contributed by atoms with Crippen molar-refractivity contribution in [2.24, 2.45) is 5.73 Å². The quantitative estimate of drug-likeness (QED) is 0.883. The van der Waals surface area contributed by atoms with Crippen LogP contribution in [0.15, 0.2) is 18.5 Å². The molecule has 112 valence electrons. The van der Waals surface area contributed by atoms with Gasteiger partial charge in [-0.3, -0.25) is 0 Å². The molecule has 0 spiro atoms. The van der Waals surface area contributed by atoms with Gasteiger partial charge in [-0.1, -0.05) is 11.6 Å². The first-order valence-corrected chi connectivity index (χ1v) is 7.31. The number of pyridine rings is 2. The van der Waals surface area contributed by atoms with Crippen molar-refractivity contribution in [3.05, 3.63) is 29.2 Å². The van der Waals surface area contributed by atoms with Crippen LogP contribution >= 0.6 is 11.6 Å². The molecule has 0 bridgehead atoms. The zero-order valence-corrected chi connectivity index (χ0v) is 12.9. The largest absolute Gasteiger partial charge is 0.471 e. The van der Waals surface area contributed by atoms with E-state index in [4.69, 9.17) is 26.8 Å². The van der Waals surface area contributed by atoms with E-state index in [2.05, 4.69) is 9.97 Å². The van der Waals surface area contributed by atoms with E-state index in [1.54, 1.807) is 18.5 Å². The molecule has 5 nitrogen and oxygen atoms in total. The number of nitrogens with two attached hydrogens (primary N) is 1. The Morgan fingerprint density at radius 1 is 1.33 bits per heavy atom. The molecule has 1 saturated heterocycles. The van der Waals surface area contributed by atoms with E-state index in [1.807, 2.05) is 13.8 Å². The average Bonchev–Trinajstić information content (AvgIpc) is 2.90. The Kier molecular flexibility index (Phi) is 3.73. The van der Waals surface area contributed by atoms with Gasteiger partial charge in [-0.15, -0.1) is 0 Å². The third-order valence-corrected chi connectivity index (χ3v) is 3.77. The van der Waals surface area contributed by atoms with Gasteiger partial charge in [0.05, 0.1) is 18.6 Å². The van der Waals surface area contributed by atoms with Crippen LogP contribution in [0.4, 0.5) is 0 Å². The lowest BCUT2D eigenvalue weighted by molar-refractivity contribution is 0.139. The summed E-state index contributed by atoms with van der Waals surface area (Å²) in [5.41, 5.74) is 6.61. The molecule has 1 aliphatic rings. The van der Waals surface area contributed by atoms with Gasteiger partial charge in [-0.25, -0.2) is 9.97 Å². The lowest BCUT2D eigenvalue weighted by atomic mass is 9.93. The molecule has 0 unspecified atom stereocenters. The highest BCUT2D eigenvalue weighted by atomic mass is 35.5. The molecule has 6 heteroatoms. The maximum Gasteiger partial charge on any atom is 0.223 e. The van der Waals surface area contributed by atoms with Gasteiger partial charge in [0.15, 0.2) is 0 Å². The van der Waals surface area contributed by atoms with Crippen molar-refractivity contribution in [3.8, 4) is 5.88 Å². The van der Waals surface area contributed by atoms with Crippen molar-refractivity contribution in [3.63, 3.8) is 0 Å². The summed E-state index contributed by atoms with van der Waals surface area (Å²) < 4.78 is 11.3. The van der Waals surface area contributed by atoms with Gasteiger partial charge in [-0.2, -0.15) is 0 Å². The van der Waals surface area contributed by atoms with E-state index in [0.29, 0.717) is 17.6 Å². The average molecular weight is 308 g/mol. The second kappa shape index (κ2) is 5.40. The van der Waals surface area contributed by atoms with Gasteiger partial charge < -0.3 is 15.2 Å². The lowest BCUT2D eigenvalue weighted by Gasteiger charge is -2.22. The minimum atomic E-state index is -0.523. The van der Waals surface area contributed by atoms with E-state index in [9.17, 15) is 0 Å². The standard InChI is InChI=1S/C15H18ClN3O2/c1-15(2,17)12-7-19-14(21-9-3-4-20-8-9)11-6-18-13(16)5-10(11)12/h5-7,9H,3-4,8,17H2,1-2H3/t9-/m1/s1. The molecular weight excluding hydrogens is 290 g/mol. The normalized spacial score (nSPS) is 19.1. The van der Waals surface area contributed by atoms with Crippen LogP contribution in [0.5, 0.6) is 5.88 Å². The van der Waals surface area contributed by atoms with Crippen molar-refractivity contribution < 1.29 is 9.47 Å². The first-order chi connectivity index (χ1) is 9.95. The van der Waals surface area contributed by atoms with Crippen molar-refractivity contribution in [2.45, 2.75) is 31.9 Å².